The van der Waals surface area contributed by atoms with Gasteiger partial charge in [0.1, 0.15) is 16.4 Å². The van der Waals surface area contributed by atoms with Crippen molar-refractivity contribution in [3.63, 3.8) is 0 Å². The van der Waals surface area contributed by atoms with E-state index in [1.165, 1.54) is 67.6 Å². The second kappa shape index (κ2) is 9.71. The summed E-state index contributed by atoms with van der Waals surface area (Å²) in [5, 5.41) is 5.18. The number of hydrogen-bond acceptors (Lipinski definition) is 7. The van der Waals surface area contributed by atoms with Gasteiger partial charge in [0.05, 0.1) is 5.75 Å². The third-order valence-corrected chi connectivity index (χ3v) is 6.45. The van der Waals surface area contributed by atoms with Crippen LogP contribution in [0.2, 0.25) is 0 Å². The number of anilines is 2. The lowest BCUT2D eigenvalue weighted by atomic mass is 10.3. The smallest absolute Gasteiger partial charge is 0.339 e. The van der Waals surface area contributed by atoms with Crippen LogP contribution < -0.4 is 19.0 Å². The molecule has 0 aliphatic carbocycles. The van der Waals surface area contributed by atoms with Crippen molar-refractivity contribution >= 4 is 37.6 Å². The van der Waals surface area contributed by atoms with Gasteiger partial charge in [0.25, 0.3) is 0 Å². The van der Waals surface area contributed by atoms with Gasteiger partial charge >= 0.3 is 26.3 Å². The standard InChI is InChI=1S/C21H20N2O7S2/c1-2-31(25,26)29-18-12-8-16(9-13-18)22-21(24)23-17-10-14-19(15-11-17)30-32(27,28)20-6-4-3-5-7-20/h3-15H,2H2,1H3,(H2,22,23,24). The molecule has 3 rings (SSSR count). The molecular weight excluding hydrogens is 456 g/mol. The van der Waals surface area contributed by atoms with E-state index in [9.17, 15) is 21.6 Å². The normalized spacial score (nSPS) is 11.4. The number of benzene rings is 3. The topological polar surface area (TPSA) is 128 Å². The van der Waals surface area contributed by atoms with Crippen molar-refractivity contribution in [3.05, 3.63) is 78.9 Å². The zero-order chi connectivity index (χ0) is 23.2. The van der Waals surface area contributed by atoms with Crippen LogP contribution in [0.15, 0.2) is 83.8 Å². The lowest BCUT2D eigenvalue weighted by Crippen LogP contribution is -2.19. The van der Waals surface area contributed by atoms with Gasteiger partial charge < -0.3 is 19.0 Å². The Bertz CT molecular complexity index is 1270. The fourth-order valence-electron chi connectivity index (χ4n) is 2.45. The molecule has 2 amide bonds. The van der Waals surface area contributed by atoms with Crippen LogP contribution in [0.4, 0.5) is 16.2 Å². The molecule has 0 fully saturated rings. The van der Waals surface area contributed by atoms with Crippen LogP contribution in [0.1, 0.15) is 6.92 Å². The lowest BCUT2D eigenvalue weighted by molar-refractivity contribution is 0.262. The van der Waals surface area contributed by atoms with E-state index < -0.39 is 26.3 Å². The first-order valence-corrected chi connectivity index (χ1v) is 12.4. The maximum atomic E-state index is 12.2. The Hall–Kier alpha value is -3.57. The van der Waals surface area contributed by atoms with Crippen molar-refractivity contribution in [1.82, 2.24) is 0 Å². The molecule has 0 radical (unpaired) electrons. The summed E-state index contributed by atoms with van der Waals surface area (Å²) < 4.78 is 57.4. The summed E-state index contributed by atoms with van der Waals surface area (Å²) in [6.07, 6.45) is 0. The average Bonchev–Trinajstić information content (AvgIpc) is 2.77. The number of amides is 2. The van der Waals surface area contributed by atoms with Gasteiger partial charge in [-0.15, -0.1) is 0 Å². The van der Waals surface area contributed by atoms with E-state index in [1.807, 2.05) is 0 Å². The fraction of sp³-hybridized carbons (Fsp3) is 0.0952. The second-order valence-corrected chi connectivity index (χ2v) is 9.81. The summed E-state index contributed by atoms with van der Waals surface area (Å²) >= 11 is 0. The maximum absolute atomic E-state index is 12.2. The predicted molar refractivity (Wildman–Crippen MR) is 120 cm³/mol. The quantitative estimate of drug-likeness (QED) is 0.473. The number of nitrogens with one attached hydrogen (secondary N) is 2. The molecule has 11 heteroatoms. The molecule has 9 nitrogen and oxygen atoms in total. The highest BCUT2D eigenvalue weighted by molar-refractivity contribution is 7.87. The summed E-state index contributed by atoms with van der Waals surface area (Å²) in [5.41, 5.74) is 0.818. The highest BCUT2D eigenvalue weighted by Crippen LogP contribution is 2.21. The largest absolute Gasteiger partial charge is 0.382 e. The number of urea groups is 1. The maximum Gasteiger partial charge on any atom is 0.339 e. The molecule has 0 heterocycles. The van der Waals surface area contributed by atoms with E-state index in [1.54, 1.807) is 18.2 Å². The van der Waals surface area contributed by atoms with E-state index in [2.05, 4.69) is 10.6 Å². The number of hydrogen-bond donors (Lipinski definition) is 2. The summed E-state index contributed by atoms with van der Waals surface area (Å²) in [4.78, 5) is 12.2. The van der Waals surface area contributed by atoms with Gasteiger partial charge in [0.15, 0.2) is 0 Å². The number of rotatable bonds is 8. The molecule has 32 heavy (non-hydrogen) atoms. The molecule has 0 bridgehead atoms. The van der Waals surface area contributed by atoms with E-state index in [4.69, 9.17) is 8.37 Å². The van der Waals surface area contributed by atoms with Gasteiger partial charge in [-0.2, -0.15) is 16.8 Å². The molecule has 0 unspecified atom stereocenters. The summed E-state index contributed by atoms with van der Waals surface area (Å²) in [7, 11) is -7.58. The second-order valence-electron chi connectivity index (χ2n) is 6.41. The first-order chi connectivity index (χ1) is 15.2. The average molecular weight is 477 g/mol. The summed E-state index contributed by atoms with van der Waals surface area (Å²) in [6, 6.07) is 18.8. The first-order valence-electron chi connectivity index (χ1n) is 9.37. The van der Waals surface area contributed by atoms with Crippen molar-refractivity contribution < 1.29 is 30.0 Å². The van der Waals surface area contributed by atoms with E-state index in [0.717, 1.165) is 0 Å². The Morgan fingerprint density at radius 1 is 0.719 bits per heavy atom. The molecule has 3 aromatic rings. The molecule has 0 aliphatic heterocycles. The SMILES string of the molecule is CCS(=O)(=O)Oc1ccc(NC(=O)Nc2ccc(OS(=O)(=O)c3ccccc3)cc2)cc1. The molecule has 0 aromatic heterocycles. The van der Waals surface area contributed by atoms with Crippen LogP contribution in [-0.4, -0.2) is 28.6 Å². The van der Waals surface area contributed by atoms with Gasteiger partial charge in [0.2, 0.25) is 0 Å². The van der Waals surface area contributed by atoms with E-state index in [0.29, 0.717) is 11.4 Å². The monoisotopic (exact) mass is 476 g/mol. The van der Waals surface area contributed by atoms with Crippen LogP contribution in [0, 0.1) is 0 Å². The van der Waals surface area contributed by atoms with Crippen LogP contribution in [-0.2, 0) is 20.2 Å². The van der Waals surface area contributed by atoms with Gasteiger partial charge in [-0.25, -0.2) is 4.79 Å². The predicted octanol–water partition coefficient (Wildman–Crippen LogP) is 3.83. The molecule has 2 N–H and O–H groups in total. The zero-order valence-electron chi connectivity index (χ0n) is 16.9. The molecule has 0 spiro atoms. The van der Waals surface area contributed by atoms with E-state index >= 15 is 0 Å². The highest BCUT2D eigenvalue weighted by atomic mass is 32.2. The molecule has 0 saturated carbocycles. The minimum atomic E-state index is -3.95. The van der Waals surface area contributed by atoms with Gasteiger partial charge in [-0.3, -0.25) is 0 Å². The van der Waals surface area contributed by atoms with Crippen molar-refractivity contribution in [1.29, 1.82) is 0 Å². The van der Waals surface area contributed by atoms with Gasteiger partial charge in [0, 0.05) is 11.4 Å². The Balaban J connectivity index is 1.57. The van der Waals surface area contributed by atoms with Gasteiger partial charge in [-0.05, 0) is 67.6 Å². The molecule has 3 aromatic carbocycles. The van der Waals surface area contributed by atoms with Crippen molar-refractivity contribution in [2.75, 3.05) is 16.4 Å². The number of carbonyl (C=O) groups excluding carboxylic acids is 1. The number of carbonyl (C=O) groups is 1. The third kappa shape index (κ3) is 6.46. The Morgan fingerprint density at radius 3 is 1.66 bits per heavy atom. The lowest BCUT2D eigenvalue weighted by Gasteiger charge is -2.10. The van der Waals surface area contributed by atoms with Crippen LogP contribution in [0.5, 0.6) is 11.5 Å². The molecule has 0 aliphatic rings. The van der Waals surface area contributed by atoms with Crippen molar-refractivity contribution in [2.45, 2.75) is 11.8 Å². The van der Waals surface area contributed by atoms with Crippen molar-refractivity contribution in [3.8, 4) is 11.5 Å². The first kappa shape index (κ1) is 23.1. The molecule has 168 valence electrons. The Morgan fingerprint density at radius 2 is 1.19 bits per heavy atom. The van der Waals surface area contributed by atoms with Crippen molar-refractivity contribution in [2.24, 2.45) is 0 Å². The molecule has 0 atom stereocenters. The van der Waals surface area contributed by atoms with Crippen LogP contribution in [0.25, 0.3) is 0 Å². The Kier molecular flexibility index (Phi) is 7.01. The van der Waals surface area contributed by atoms with Gasteiger partial charge in [-0.1, -0.05) is 18.2 Å². The summed E-state index contributed by atoms with van der Waals surface area (Å²) in [5.74, 6) is 0.0773. The molecule has 0 saturated heterocycles. The van der Waals surface area contributed by atoms with E-state index in [-0.39, 0.29) is 22.1 Å². The van der Waals surface area contributed by atoms with Crippen LogP contribution in [0.3, 0.4) is 0 Å². The van der Waals surface area contributed by atoms with Crippen LogP contribution >= 0.6 is 0 Å². The minimum absolute atomic E-state index is 0.0327. The highest BCUT2D eigenvalue weighted by Gasteiger charge is 2.16. The minimum Gasteiger partial charge on any atom is -0.382 e. The zero-order valence-corrected chi connectivity index (χ0v) is 18.5. The third-order valence-electron chi connectivity index (χ3n) is 4.04. The summed E-state index contributed by atoms with van der Waals surface area (Å²) in [6.45, 7) is 1.47. The fourth-order valence-corrected chi connectivity index (χ4v) is 3.92. The molecular formula is C21H20N2O7S2. The Labute approximate surface area is 186 Å².